The Morgan fingerprint density at radius 2 is 1.95 bits per heavy atom. The third-order valence-electron chi connectivity index (χ3n) is 6.04. The van der Waals surface area contributed by atoms with E-state index in [2.05, 4.69) is 10.3 Å². The highest BCUT2D eigenvalue weighted by atomic mass is 32.1. The van der Waals surface area contributed by atoms with Crippen molar-refractivity contribution < 1.29 is 4.79 Å². The number of hydrogen-bond acceptors (Lipinski definition) is 4. The lowest BCUT2D eigenvalue weighted by molar-refractivity contribution is -0.0120. The van der Waals surface area contributed by atoms with Crippen molar-refractivity contribution in [2.75, 3.05) is 0 Å². The van der Waals surface area contributed by atoms with E-state index in [1.807, 2.05) is 12.3 Å². The van der Waals surface area contributed by atoms with Crippen molar-refractivity contribution in [3.8, 4) is 0 Å². The number of nitrogens with zero attached hydrogens (tertiary/aromatic N) is 1. The van der Waals surface area contributed by atoms with Gasteiger partial charge in [0, 0.05) is 11.4 Å². The zero-order chi connectivity index (χ0) is 15.3. The van der Waals surface area contributed by atoms with Gasteiger partial charge in [-0.2, -0.15) is 0 Å². The fraction of sp³-hybridized carbons (Fsp3) is 0.765. The van der Waals surface area contributed by atoms with E-state index in [1.165, 1.54) is 43.4 Å². The van der Waals surface area contributed by atoms with Crippen molar-refractivity contribution in [2.45, 2.75) is 57.5 Å². The molecule has 5 rings (SSSR count). The highest BCUT2D eigenvalue weighted by Gasteiger charge is 2.48. The molecule has 0 radical (unpaired) electrons. The molecule has 4 saturated carbocycles. The Kier molecular flexibility index (Phi) is 3.73. The second-order valence-corrected chi connectivity index (χ2v) is 8.41. The molecule has 1 heterocycles. The zero-order valence-corrected chi connectivity index (χ0v) is 13.9. The number of nitrogens with one attached hydrogen (secondary N) is 1. The lowest BCUT2D eigenvalue weighted by Gasteiger charge is -2.54. The van der Waals surface area contributed by atoms with E-state index in [0.717, 1.165) is 23.3 Å². The molecule has 4 aliphatic carbocycles. The van der Waals surface area contributed by atoms with Crippen LogP contribution in [0, 0.1) is 23.7 Å². The van der Waals surface area contributed by atoms with Crippen LogP contribution in [-0.4, -0.2) is 16.9 Å². The van der Waals surface area contributed by atoms with Gasteiger partial charge in [-0.3, -0.25) is 4.79 Å². The Balaban J connectivity index is 1.45. The summed E-state index contributed by atoms with van der Waals surface area (Å²) in [5.41, 5.74) is 6.56. The minimum Gasteiger partial charge on any atom is -0.347 e. The predicted molar refractivity (Wildman–Crippen MR) is 87.6 cm³/mol. The summed E-state index contributed by atoms with van der Waals surface area (Å²) in [6.45, 7) is 2.04. The van der Waals surface area contributed by atoms with Gasteiger partial charge in [-0.15, -0.1) is 11.3 Å². The predicted octanol–water partition coefficient (Wildman–Crippen LogP) is 3.11. The summed E-state index contributed by atoms with van der Waals surface area (Å²) in [4.78, 5) is 17.0. The molecule has 4 nitrogen and oxygen atoms in total. The summed E-state index contributed by atoms with van der Waals surface area (Å²) < 4.78 is 0. The standard InChI is InChI=1S/C17H25N3OS/c1-2-13(18)17-19-14(8-22-17)16(21)20-15-11-4-9-3-10(6-11)7-12(15)5-9/h8-13,15H,2-7,18H2,1H3,(H,20,21). The van der Waals surface area contributed by atoms with Gasteiger partial charge in [0.05, 0.1) is 6.04 Å². The van der Waals surface area contributed by atoms with E-state index in [4.69, 9.17) is 5.73 Å². The van der Waals surface area contributed by atoms with Crippen molar-refractivity contribution in [1.82, 2.24) is 10.3 Å². The Morgan fingerprint density at radius 1 is 1.32 bits per heavy atom. The largest absolute Gasteiger partial charge is 0.347 e. The number of nitrogens with two attached hydrogens (primary N) is 1. The summed E-state index contributed by atoms with van der Waals surface area (Å²) in [7, 11) is 0. The molecular formula is C17H25N3OS. The summed E-state index contributed by atoms with van der Waals surface area (Å²) in [5, 5.41) is 6.04. The van der Waals surface area contributed by atoms with Crippen LogP contribution in [0.3, 0.4) is 0 Å². The first kappa shape index (κ1) is 14.6. The maximum absolute atomic E-state index is 12.6. The van der Waals surface area contributed by atoms with Crippen molar-refractivity contribution >= 4 is 17.2 Å². The fourth-order valence-electron chi connectivity index (χ4n) is 5.12. The number of rotatable bonds is 4. The van der Waals surface area contributed by atoms with Gasteiger partial charge in [0.25, 0.3) is 5.91 Å². The van der Waals surface area contributed by atoms with E-state index in [1.54, 1.807) is 0 Å². The van der Waals surface area contributed by atoms with Crippen LogP contribution >= 0.6 is 11.3 Å². The minimum atomic E-state index is -0.0484. The molecule has 22 heavy (non-hydrogen) atoms. The van der Waals surface area contributed by atoms with Crippen LogP contribution in [0.5, 0.6) is 0 Å². The van der Waals surface area contributed by atoms with Gasteiger partial charge in [-0.1, -0.05) is 6.92 Å². The van der Waals surface area contributed by atoms with Crippen LogP contribution in [0.25, 0.3) is 0 Å². The highest BCUT2D eigenvalue weighted by molar-refractivity contribution is 7.09. The first-order valence-corrected chi connectivity index (χ1v) is 9.53. The first-order chi connectivity index (χ1) is 10.6. The van der Waals surface area contributed by atoms with Gasteiger partial charge in [-0.05, 0) is 62.2 Å². The van der Waals surface area contributed by atoms with Crippen LogP contribution in [0.2, 0.25) is 0 Å². The molecule has 0 saturated heterocycles. The van der Waals surface area contributed by atoms with E-state index < -0.39 is 0 Å². The number of amides is 1. The van der Waals surface area contributed by atoms with Crippen molar-refractivity contribution in [2.24, 2.45) is 29.4 Å². The van der Waals surface area contributed by atoms with Crippen molar-refractivity contribution in [3.63, 3.8) is 0 Å². The fourth-order valence-corrected chi connectivity index (χ4v) is 6.01. The lowest BCUT2D eigenvalue weighted by atomic mass is 9.54. The second-order valence-electron chi connectivity index (χ2n) is 7.52. The number of carbonyl (C=O) groups is 1. The molecule has 3 N–H and O–H groups in total. The molecule has 4 aliphatic rings. The molecule has 1 aromatic heterocycles. The Bertz CT molecular complexity index is 542. The normalized spacial score (nSPS) is 37.3. The smallest absolute Gasteiger partial charge is 0.270 e. The quantitative estimate of drug-likeness (QED) is 0.896. The molecule has 5 heteroatoms. The SMILES string of the molecule is CCC(N)c1nc(C(=O)NC2C3CC4CC(C3)CC2C4)cs1. The van der Waals surface area contributed by atoms with Crippen LogP contribution in [0.4, 0.5) is 0 Å². The number of thiazole rings is 1. The molecule has 1 amide bonds. The topological polar surface area (TPSA) is 68.0 Å². The van der Waals surface area contributed by atoms with Gasteiger partial charge in [0.1, 0.15) is 10.7 Å². The van der Waals surface area contributed by atoms with Gasteiger partial charge in [0.15, 0.2) is 0 Å². The third kappa shape index (κ3) is 2.48. The molecule has 0 aromatic carbocycles. The van der Waals surface area contributed by atoms with Crippen molar-refractivity contribution in [1.29, 1.82) is 0 Å². The Hall–Kier alpha value is -0.940. The molecule has 0 spiro atoms. The molecule has 4 bridgehead atoms. The van der Waals surface area contributed by atoms with E-state index in [0.29, 0.717) is 23.6 Å². The first-order valence-electron chi connectivity index (χ1n) is 8.66. The molecule has 1 unspecified atom stereocenters. The molecule has 1 atom stereocenters. The van der Waals surface area contributed by atoms with Crippen LogP contribution in [-0.2, 0) is 0 Å². The van der Waals surface area contributed by atoms with Crippen molar-refractivity contribution in [3.05, 3.63) is 16.1 Å². The molecular weight excluding hydrogens is 294 g/mol. The van der Waals surface area contributed by atoms with E-state index in [-0.39, 0.29) is 11.9 Å². The lowest BCUT2D eigenvalue weighted by Crippen LogP contribution is -2.55. The third-order valence-corrected chi connectivity index (χ3v) is 7.01. The summed E-state index contributed by atoms with van der Waals surface area (Å²) in [6, 6.07) is 0.332. The minimum absolute atomic E-state index is 0.00303. The van der Waals surface area contributed by atoms with Gasteiger partial charge in [-0.25, -0.2) is 4.98 Å². The Labute approximate surface area is 135 Å². The maximum Gasteiger partial charge on any atom is 0.270 e. The number of aromatic nitrogens is 1. The second kappa shape index (κ2) is 5.60. The maximum atomic E-state index is 12.6. The number of carbonyl (C=O) groups excluding carboxylic acids is 1. The van der Waals surface area contributed by atoms with Gasteiger partial charge < -0.3 is 11.1 Å². The monoisotopic (exact) mass is 319 g/mol. The average molecular weight is 319 g/mol. The average Bonchev–Trinajstić information content (AvgIpc) is 2.99. The zero-order valence-electron chi connectivity index (χ0n) is 13.1. The van der Waals surface area contributed by atoms with Gasteiger partial charge >= 0.3 is 0 Å². The van der Waals surface area contributed by atoms with Crippen LogP contribution in [0.15, 0.2) is 5.38 Å². The summed E-state index contributed by atoms with van der Waals surface area (Å²) >= 11 is 1.50. The van der Waals surface area contributed by atoms with E-state index in [9.17, 15) is 4.79 Å². The van der Waals surface area contributed by atoms with Crippen LogP contribution in [0.1, 0.15) is 67.0 Å². The molecule has 0 aliphatic heterocycles. The van der Waals surface area contributed by atoms with Gasteiger partial charge in [0.2, 0.25) is 0 Å². The molecule has 120 valence electrons. The number of hydrogen-bond donors (Lipinski definition) is 2. The summed E-state index contributed by atoms with van der Waals surface area (Å²) in [6.07, 6.45) is 7.58. The van der Waals surface area contributed by atoms with E-state index >= 15 is 0 Å². The summed E-state index contributed by atoms with van der Waals surface area (Å²) in [5.74, 6) is 3.28. The highest BCUT2D eigenvalue weighted by Crippen LogP contribution is 2.53. The Morgan fingerprint density at radius 3 is 2.55 bits per heavy atom. The van der Waals surface area contributed by atoms with Crippen LogP contribution < -0.4 is 11.1 Å². The molecule has 1 aromatic rings. The molecule has 4 fully saturated rings.